The van der Waals surface area contributed by atoms with Gasteiger partial charge in [-0.05, 0) is 42.5 Å². The van der Waals surface area contributed by atoms with Gasteiger partial charge < -0.3 is 10.2 Å². The summed E-state index contributed by atoms with van der Waals surface area (Å²) in [5.74, 6) is -1.09. The highest BCUT2D eigenvalue weighted by molar-refractivity contribution is 9.10. The molecule has 1 unspecified atom stereocenters. The van der Waals surface area contributed by atoms with Gasteiger partial charge in [-0.25, -0.2) is 0 Å². The number of aromatic hydroxyl groups is 1. The van der Waals surface area contributed by atoms with Crippen LogP contribution in [0.3, 0.4) is 0 Å². The molecule has 0 aliphatic heterocycles. The number of hydrogen-bond acceptors (Lipinski definition) is 2. The van der Waals surface area contributed by atoms with Gasteiger partial charge in [0.15, 0.2) is 0 Å². The van der Waals surface area contributed by atoms with Crippen LogP contribution >= 0.6 is 15.9 Å². The normalized spacial score (nSPS) is 19.7. The Morgan fingerprint density at radius 3 is 2.87 bits per heavy atom. The van der Waals surface area contributed by atoms with Crippen molar-refractivity contribution in [2.45, 2.75) is 25.2 Å². The van der Waals surface area contributed by atoms with Crippen molar-refractivity contribution in [2.24, 2.45) is 0 Å². The summed E-state index contributed by atoms with van der Waals surface area (Å²) in [5.41, 5.74) is 1.54. The van der Waals surface area contributed by atoms with Gasteiger partial charge in [0.05, 0.1) is 5.92 Å². The number of aliphatic carboxylic acids is 1. The van der Waals surface area contributed by atoms with Crippen LogP contribution in [0, 0.1) is 0 Å². The van der Waals surface area contributed by atoms with E-state index in [-0.39, 0.29) is 5.75 Å². The third-order valence-electron chi connectivity index (χ3n) is 2.82. The molecule has 1 atom stereocenters. The number of carboxylic acid groups (broad SMARTS) is 1. The molecule has 0 saturated heterocycles. The van der Waals surface area contributed by atoms with Crippen molar-refractivity contribution in [1.29, 1.82) is 0 Å². The Morgan fingerprint density at radius 1 is 1.47 bits per heavy atom. The molecule has 80 valence electrons. The first-order chi connectivity index (χ1) is 7.09. The number of halogens is 1. The van der Waals surface area contributed by atoms with E-state index in [0.29, 0.717) is 6.42 Å². The maximum atomic E-state index is 11.0. The molecule has 0 radical (unpaired) electrons. The summed E-state index contributed by atoms with van der Waals surface area (Å²) in [6.45, 7) is 0. The molecular weight excluding hydrogens is 260 g/mol. The molecule has 0 saturated carbocycles. The zero-order chi connectivity index (χ0) is 11.0. The van der Waals surface area contributed by atoms with Gasteiger partial charge in [0.25, 0.3) is 0 Å². The van der Waals surface area contributed by atoms with E-state index in [4.69, 9.17) is 5.11 Å². The Morgan fingerprint density at radius 2 is 2.20 bits per heavy atom. The van der Waals surface area contributed by atoms with Crippen molar-refractivity contribution < 1.29 is 15.0 Å². The Hall–Kier alpha value is -1.03. The van der Waals surface area contributed by atoms with Gasteiger partial charge >= 0.3 is 5.97 Å². The first kappa shape index (κ1) is 10.5. The molecule has 1 aromatic carbocycles. The SMILES string of the molecule is O=C(O)C1CCCc2c(O)cc(Br)cc21. The van der Waals surface area contributed by atoms with E-state index < -0.39 is 11.9 Å². The Kier molecular flexibility index (Phi) is 2.69. The lowest BCUT2D eigenvalue weighted by Crippen LogP contribution is -2.18. The second-order valence-electron chi connectivity index (χ2n) is 3.78. The first-order valence-corrected chi connectivity index (χ1v) is 5.63. The maximum absolute atomic E-state index is 11.0. The minimum atomic E-state index is -0.812. The van der Waals surface area contributed by atoms with E-state index in [0.717, 1.165) is 28.4 Å². The average molecular weight is 271 g/mol. The third-order valence-corrected chi connectivity index (χ3v) is 3.28. The smallest absolute Gasteiger partial charge is 0.310 e. The zero-order valence-electron chi connectivity index (χ0n) is 8.03. The van der Waals surface area contributed by atoms with E-state index in [1.54, 1.807) is 12.1 Å². The van der Waals surface area contributed by atoms with Gasteiger partial charge in [-0.1, -0.05) is 15.9 Å². The molecule has 4 heteroatoms. The lowest BCUT2D eigenvalue weighted by atomic mass is 9.82. The van der Waals surface area contributed by atoms with Crippen LogP contribution < -0.4 is 0 Å². The van der Waals surface area contributed by atoms with E-state index in [2.05, 4.69) is 15.9 Å². The van der Waals surface area contributed by atoms with Crippen molar-refractivity contribution >= 4 is 21.9 Å². The van der Waals surface area contributed by atoms with Crippen molar-refractivity contribution in [2.75, 3.05) is 0 Å². The summed E-state index contributed by atoms with van der Waals surface area (Å²) in [5, 5.41) is 18.8. The van der Waals surface area contributed by atoms with Crippen molar-refractivity contribution in [3.05, 3.63) is 27.7 Å². The van der Waals surface area contributed by atoms with Crippen LogP contribution in [0.15, 0.2) is 16.6 Å². The van der Waals surface area contributed by atoms with Crippen molar-refractivity contribution in [3.8, 4) is 5.75 Å². The monoisotopic (exact) mass is 270 g/mol. The highest BCUT2D eigenvalue weighted by Gasteiger charge is 2.28. The van der Waals surface area contributed by atoms with Crippen LogP contribution in [0.1, 0.15) is 29.9 Å². The summed E-state index contributed by atoms with van der Waals surface area (Å²) < 4.78 is 0.729. The minimum absolute atomic E-state index is 0.199. The lowest BCUT2D eigenvalue weighted by molar-refractivity contribution is -0.139. The largest absolute Gasteiger partial charge is 0.508 e. The molecule has 2 N–H and O–H groups in total. The maximum Gasteiger partial charge on any atom is 0.310 e. The molecule has 1 aliphatic carbocycles. The molecule has 0 heterocycles. The number of phenolic OH excluding ortho intramolecular Hbond substituents is 1. The van der Waals surface area contributed by atoms with Gasteiger partial charge in [0.1, 0.15) is 5.75 Å². The Labute approximate surface area is 95.9 Å². The van der Waals surface area contributed by atoms with Gasteiger partial charge in [-0.2, -0.15) is 0 Å². The average Bonchev–Trinajstić information content (AvgIpc) is 2.16. The van der Waals surface area contributed by atoms with Crippen LogP contribution in [0.25, 0.3) is 0 Å². The molecule has 0 bridgehead atoms. The topological polar surface area (TPSA) is 57.5 Å². The summed E-state index contributed by atoms with van der Waals surface area (Å²) in [6, 6.07) is 3.41. The number of carboxylic acids is 1. The third kappa shape index (κ3) is 1.86. The standard InChI is InChI=1S/C11H11BrO3/c12-6-4-9-7(10(13)5-6)2-1-3-8(9)11(14)15/h4-5,8,13H,1-3H2,(H,14,15). The molecule has 1 aromatic rings. The second-order valence-corrected chi connectivity index (χ2v) is 4.69. The van der Waals surface area contributed by atoms with Gasteiger partial charge in [-0.15, -0.1) is 0 Å². The fourth-order valence-electron chi connectivity index (χ4n) is 2.12. The molecule has 0 spiro atoms. The van der Waals surface area contributed by atoms with Crippen LogP contribution in [-0.4, -0.2) is 16.2 Å². The number of fused-ring (bicyclic) bond motifs is 1. The van der Waals surface area contributed by atoms with Crippen molar-refractivity contribution in [1.82, 2.24) is 0 Å². The fraction of sp³-hybridized carbons (Fsp3) is 0.364. The van der Waals surface area contributed by atoms with E-state index in [1.165, 1.54) is 0 Å². The zero-order valence-corrected chi connectivity index (χ0v) is 9.62. The summed E-state index contributed by atoms with van der Waals surface area (Å²) in [7, 11) is 0. The Balaban J connectivity index is 2.55. The predicted octanol–water partition coefficient (Wildman–Crippen LogP) is 2.66. The highest BCUT2D eigenvalue weighted by atomic mass is 79.9. The first-order valence-electron chi connectivity index (χ1n) is 4.83. The lowest BCUT2D eigenvalue weighted by Gasteiger charge is -2.23. The quantitative estimate of drug-likeness (QED) is 0.825. The van der Waals surface area contributed by atoms with E-state index >= 15 is 0 Å². The number of hydrogen-bond donors (Lipinski definition) is 2. The highest BCUT2D eigenvalue weighted by Crippen LogP contribution is 2.38. The summed E-state index contributed by atoms with van der Waals surface area (Å²) in [6.07, 6.45) is 2.23. The van der Waals surface area contributed by atoms with Crippen LogP contribution in [0.5, 0.6) is 5.75 Å². The molecule has 2 rings (SSSR count). The predicted molar refractivity (Wildman–Crippen MR) is 59.1 cm³/mol. The van der Waals surface area contributed by atoms with Crippen molar-refractivity contribution in [3.63, 3.8) is 0 Å². The van der Waals surface area contributed by atoms with Gasteiger partial charge in [0.2, 0.25) is 0 Å². The van der Waals surface area contributed by atoms with Gasteiger partial charge in [0, 0.05) is 4.47 Å². The van der Waals surface area contributed by atoms with E-state index in [1.807, 2.05) is 0 Å². The number of phenols is 1. The summed E-state index contributed by atoms with van der Waals surface area (Å²) >= 11 is 3.26. The van der Waals surface area contributed by atoms with Crippen LogP contribution in [-0.2, 0) is 11.2 Å². The van der Waals surface area contributed by atoms with Crippen LogP contribution in [0.2, 0.25) is 0 Å². The molecule has 15 heavy (non-hydrogen) atoms. The molecule has 1 aliphatic rings. The van der Waals surface area contributed by atoms with Gasteiger partial charge in [-0.3, -0.25) is 4.79 Å². The number of benzene rings is 1. The van der Waals surface area contributed by atoms with Crippen LogP contribution in [0.4, 0.5) is 0 Å². The number of carbonyl (C=O) groups is 1. The Bertz CT molecular complexity index is 415. The second kappa shape index (κ2) is 3.85. The molecule has 0 aromatic heterocycles. The fourth-order valence-corrected chi connectivity index (χ4v) is 2.58. The molecule has 0 amide bonds. The molecule has 3 nitrogen and oxygen atoms in total. The molecule has 0 fully saturated rings. The molecular formula is C11H11BrO3. The number of rotatable bonds is 1. The summed E-state index contributed by atoms with van der Waals surface area (Å²) in [4.78, 5) is 11.0. The van der Waals surface area contributed by atoms with E-state index in [9.17, 15) is 9.90 Å². The minimum Gasteiger partial charge on any atom is -0.508 e.